The fraction of sp³-hybridized carbons (Fsp3) is 0. The second-order valence-corrected chi connectivity index (χ2v) is 7.37. The molecule has 3 N–H and O–H groups in total. The van der Waals surface area contributed by atoms with E-state index in [-0.39, 0.29) is 11.8 Å². The third-order valence-corrected chi connectivity index (χ3v) is 4.81. The van der Waals surface area contributed by atoms with E-state index in [0.29, 0.717) is 23.4 Å². The average Bonchev–Trinajstić information content (AvgIpc) is 3.35. The number of nitrogens with one attached hydrogen (secondary N) is 3. The van der Waals surface area contributed by atoms with Gasteiger partial charge in [0.05, 0.1) is 6.21 Å². The van der Waals surface area contributed by atoms with E-state index >= 15 is 0 Å². The first-order valence-electron chi connectivity index (χ1n) is 10.8. The smallest absolute Gasteiger partial charge is 0.250 e. The molecule has 0 amide bonds. The molecular formula is C26H20FN7O. The van der Waals surface area contributed by atoms with Crippen molar-refractivity contribution in [3.63, 3.8) is 0 Å². The van der Waals surface area contributed by atoms with Gasteiger partial charge in [-0.1, -0.05) is 36.4 Å². The number of nitrogens with zero attached hydrogens (tertiary/aromatic N) is 4. The number of benzene rings is 3. The standard InChI is InChI=1S/C26H20FN7O/c27-19-13-11-18(12-14-19)23-16-15-22(35-23)17-28-34-26-32-24(29-20-7-3-1-4-8-20)31-25(33-26)30-21-9-5-2-6-10-21/h1-17H,(H3,29,30,31,32,33,34)/b28-17-. The van der Waals surface area contributed by atoms with Gasteiger partial charge < -0.3 is 15.1 Å². The van der Waals surface area contributed by atoms with Gasteiger partial charge in [-0.2, -0.15) is 20.1 Å². The summed E-state index contributed by atoms with van der Waals surface area (Å²) in [6, 6.07) is 28.8. The van der Waals surface area contributed by atoms with Crippen molar-refractivity contribution in [2.75, 3.05) is 16.1 Å². The van der Waals surface area contributed by atoms with Crippen LogP contribution in [-0.2, 0) is 0 Å². The Labute approximate surface area is 200 Å². The van der Waals surface area contributed by atoms with Crippen LogP contribution in [0.15, 0.2) is 107 Å². The molecule has 35 heavy (non-hydrogen) atoms. The molecular weight excluding hydrogens is 445 g/mol. The normalized spacial score (nSPS) is 10.9. The van der Waals surface area contributed by atoms with E-state index in [2.05, 4.69) is 36.1 Å². The maximum Gasteiger partial charge on any atom is 0.250 e. The predicted molar refractivity (Wildman–Crippen MR) is 135 cm³/mol. The summed E-state index contributed by atoms with van der Waals surface area (Å²) in [7, 11) is 0. The van der Waals surface area contributed by atoms with E-state index in [1.807, 2.05) is 60.7 Å². The third-order valence-electron chi connectivity index (χ3n) is 4.81. The molecule has 0 aliphatic rings. The number of hydrogen-bond acceptors (Lipinski definition) is 8. The molecule has 0 unspecified atom stereocenters. The molecule has 0 saturated heterocycles. The summed E-state index contributed by atoms with van der Waals surface area (Å²) in [6.45, 7) is 0. The molecule has 0 atom stereocenters. The largest absolute Gasteiger partial charge is 0.455 e. The molecule has 0 spiro atoms. The van der Waals surface area contributed by atoms with Crippen LogP contribution in [0.25, 0.3) is 11.3 Å². The summed E-state index contributed by atoms with van der Waals surface area (Å²) in [5.41, 5.74) is 5.26. The van der Waals surface area contributed by atoms with Crippen LogP contribution in [0.4, 0.5) is 33.6 Å². The third kappa shape index (κ3) is 5.85. The van der Waals surface area contributed by atoms with E-state index in [4.69, 9.17) is 4.42 Å². The van der Waals surface area contributed by atoms with Crippen LogP contribution in [0.3, 0.4) is 0 Å². The molecule has 8 nitrogen and oxygen atoms in total. The lowest BCUT2D eigenvalue weighted by molar-refractivity contribution is 0.574. The number of para-hydroxylation sites is 2. The molecule has 2 aromatic heterocycles. The van der Waals surface area contributed by atoms with Crippen LogP contribution in [0.5, 0.6) is 0 Å². The monoisotopic (exact) mass is 465 g/mol. The van der Waals surface area contributed by atoms with Crippen LogP contribution in [-0.4, -0.2) is 21.2 Å². The highest BCUT2D eigenvalue weighted by Gasteiger charge is 2.08. The van der Waals surface area contributed by atoms with Gasteiger partial charge in [0.1, 0.15) is 17.3 Å². The maximum absolute atomic E-state index is 13.2. The summed E-state index contributed by atoms with van der Waals surface area (Å²) in [5, 5.41) is 10.5. The van der Waals surface area contributed by atoms with E-state index in [9.17, 15) is 4.39 Å². The van der Waals surface area contributed by atoms with Crippen molar-refractivity contribution in [1.29, 1.82) is 0 Å². The Hall–Kier alpha value is -5.05. The maximum atomic E-state index is 13.2. The van der Waals surface area contributed by atoms with E-state index < -0.39 is 0 Å². The molecule has 0 radical (unpaired) electrons. The zero-order valence-corrected chi connectivity index (χ0v) is 18.4. The molecule has 3 aromatic carbocycles. The van der Waals surface area contributed by atoms with Crippen LogP contribution in [0.1, 0.15) is 5.76 Å². The quantitative estimate of drug-likeness (QED) is 0.185. The fourth-order valence-corrected chi connectivity index (χ4v) is 3.18. The highest BCUT2D eigenvalue weighted by molar-refractivity contribution is 5.78. The minimum absolute atomic E-state index is 0.235. The van der Waals surface area contributed by atoms with Crippen molar-refractivity contribution < 1.29 is 8.81 Å². The van der Waals surface area contributed by atoms with Crippen molar-refractivity contribution in [3.05, 3.63) is 109 Å². The summed E-state index contributed by atoms with van der Waals surface area (Å²) in [4.78, 5) is 13.2. The van der Waals surface area contributed by atoms with Crippen molar-refractivity contribution >= 4 is 35.4 Å². The molecule has 0 fully saturated rings. The van der Waals surface area contributed by atoms with Crippen LogP contribution in [0, 0.1) is 5.82 Å². The zero-order chi connectivity index (χ0) is 23.9. The Morgan fingerprint density at radius 1 is 0.657 bits per heavy atom. The van der Waals surface area contributed by atoms with Gasteiger partial charge in [-0.3, -0.25) is 0 Å². The zero-order valence-electron chi connectivity index (χ0n) is 18.4. The molecule has 9 heteroatoms. The Bertz CT molecular complexity index is 1360. The number of halogens is 1. The molecule has 0 aliphatic heterocycles. The molecule has 172 valence electrons. The highest BCUT2D eigenvalue weighted by Crippen LogP contribution is 2.22. The highest BCUT2D eigenvalue weighted by atomic mass is 19.1. The first-order valence-corrected chi connectivity index (χ1v) is 10.8. The molecule has 0 bridgehead atoms. The van der Waals surface area contributed by atoms with Gasteiger partial charge >= 0.3 is 0 Å². The number of hydrogen-bond donors (Lipinski definition) is 3. The van der Waals surface area contributed by atoms with Crippen LogP contribution < -0.4 is 16.1 Å². The van der Waals surface area contributed by atoms with Gasteiger partial charge in [0.15, 0.2) is 0 Å². The lowest BCUT2D eigenvalue weighted by Gasteiger charge is -2.10. The number of rotatable bonds is 8. The van der Waals surface area contributed by atoms with Crippen molar-refractivity contribution in [1.82, 2.24) is 15.0 Å². The first-order chi connectivity index (χ1) is 17.2. The minimum Gasteiger partial charge on any atom is -0.455 e. The Balaban J connectivity index is 1.34. The van der Waals surface area contributed by atoms with E-state index in [0.717, 1.165) is 16.9 Å². The molecule has 5 aromatic rings. The van der Waals surface area contributed by atoms with Crippen LogP contribution >= 0.6 is 0 Å². The van der Waals surface area contributed by atoms with Crippen LogP contribution in [0.2, 0.25) is 0 Å². The van der Waals surface area contributed by atoms with Crippen molar-refractivity contribution in [2.24, 2.45) is 5.10 Å². The SMILES string of the molecule is Fc1ccc(-c2ccc(/C=N\Nc3nc(Nc4ccccc4)nc(Nc4ccccc4)n3)o2)cc1. The summed E-state index contributed by atoms with van der Waals surface area (Å²) < 4.78 is 18.9. The summed E-state index contributed by atoms with van der Waals surface area (Å²) in [6.07, 6.45) is 1.51. The minimum atomic E-state index is -0.300. The van der Waals surface area contributed by atoms with Gasteiger partial charge in [-0.15, -0.1) is 0 Å². The fourth-order valence-electron chi connectivity index (χ4n) is 3.18. The van der Waals surface area contributed by atoms with Gasteiger partial charge in [0.2, 0.25) is 17.8 Å². The van der Waals surface area contributed by atoms with Crippen molar-refractivity contribution in [2.45, 2.75) is 0 Å². The predicted octanol–water partition coefficient (Wildman–Crippen LogP) is 6.20. The Morgan fingerprint density at radius 3 is 1.83 bits per heavy atom. The molecule has 5 rings (SSSR count). The molecule has 0 saturated carbocycles. The number of aromatic nitrogens is 3. The Morgan fingerprint density at radius 2 is 1.23 bits per heavy atom. The number of hydrazone groups is 1. The number of furan rings is 1. The lowest BCUT2D eigenvalue weighted by Crippen LogP contribution is -2.07. The number of anilines is 5. The lowest BCUT2D eigenvalue weighted by atomic mass is 10.2. The second kappa shape index (κ2) is 10.3. The second-order valence-electron chi connectivity index (χ2n) is 7.37. The topological polar surface area (TPSA) is 100 Å². The molecule has 2 heterocycles. The van der Waals surface area contributed by atoms with Gasteiger partial charge in [-0.25, -0.2) is 9.82 Å². The summed E-state index contributed by atoms with van der Waals surface area (Å²) in [5.74, 6) is 1.74. The van der Waals surface area contributed by atoms with Gasteiger partial charge in [-0.05, 0) is 60.7 Å². The van der Waals surface area contributed by atoms with E-state index in [1.165, 1.54) is 18.3 Å². The van der Waals surface area contributed by atoms with Gasteiger partial charge in [0, 0.05) is 16.9 Å². The molecule has 0 aliphatic carbocycles. The van der Waals surface area contributed by atoms with E-state index in [1.54, 1.807) is 24.3 Å². The van der Waals surface area contributed by atoms with Gasteiger partial charge in [0.25, 0.3) is 0 Å². The Kier molecular flexibility index (Phi) is 6.38. The van der Waals surface area contributed by atoms with Crippen molar-refractivity contribution in [3.8, 4) is 11.3 Å². The first kappa shape index (κ1) is 21.8. The summed E-state index contributed by atoms with van der Waals surface area (Å²) >= 11 is 0. The average molecular weight is 465 g/mol.